The van der Waals surface area contributed by atoms with Crippen molar-refractivity contribution in [2.24, 2.45) is 7.05 Å². The zero-order valence-electron chi connectivity index (χ0n) is 13.9. The first-order chi connectivity index (χ1) is 12.1. The fourth-order valence-corrected chi connectivity index (χ4v) is 2.44. The summed E-state index contributed by atoms with van der Waals surface area (Å²) < 4.78 is 3.11. The lowest BCUT2D eigenvalue weighted by Crippen LogP contribution is -2.18. The van der Waals surface area contributed by atoms with Gasteiger partial charge in [-0.15, -0.1) is 0 Å². The Morgan fingerprint density at radius 3 is 2.16 bits per heavy atom. The molecule has 0 fully saturated rings. The van der Waals surface area contributed by atoms with Crippen molar-refractivity contribution in [1.29, 1.82) is 0 Å². The third kappa shape index (κ3) is 3.57. The van der Waals surface area contributed by atoms with Crippen molar-refractivity contribution in [1.82, 2.24) is 19.6 Å². The highest BCUT2D eigenvalue weighted by atomic mass is 16.2. The summed E-state index contributed by atoms with van der Waals surface area (Å²) >= 11 is 0. The first kappa shape index (κ1) is 16.4. The van der Waals surface area contributed by atoms with Crippen molar-refractivity contribution >= 4 is 23.2 Å². The predicted octanol–water partition coefficient (Wildman–Crippen LogP) is 2.14. The van der Waals surface area contributed by atoms with Gasteiger partial charge in [-0.05, 0) is 37.3 Å². The fourth-order valence-electron chi connectivity index (χ4n) is 2.44. The lowest BCUT2D eigenvalue weighted by molar-refractivity contribution is 0.101. The zero-order valence-corrected chi connectivity index (χ0v) is 13.9. The Morgan fingerprint density at radius 2 is 1.56 bits per heavy atom. The van der Waals surface area contributed by atoms with Gasteiger partial charge in [0, 0.05) is 37.4 Å². The van der Waals surface area contributed by atoms with E-state index in [1.807, 2.05) is 6.92 Å². The van der Waals surface area contributed by atoms with Crippen LogP contribution < -0.4 is 10.6 Å². The molecule has 8 nitrogen and oxygen atoms in total. The number of benzene rings is 1. The molecule has 2 heterocycles. The van der Waals surface area contributed by atoms with Gasteiger partial charge in [0.05, 0.1) is 0 Å². The van der Waals surface area contributed by atoms with Crippen LogP contribution in [-0.2, 0) is 13.6 Å². The summed E-state index contributed by atoms with van der Waals surface area (Å²) in [4.78, 5) is 24.6. The topological polar surface area (TPSA) is 93.8 Å². The zero-order chi connectivity index (χ0) is 17.8. The number of aromatic nitrogens is 4. The van der Waals surface area contributed by atoms with Crippen molar-refractivity contribution in [3.8, 4) is 0 Å². The molecule has 3 rings (SSSR count). The number of aryl methyl sites for hydroxylation is 2. The van der Waals surface area contributed by atoms with Gasteiger partial charge in [-0.3, -0.25) is 19.0 Å². The standard InChI is InChI=1S/C17H18N6O2/c1-3-23-15(8-10-19-23)17(25)21-13-6-4-5-12(11-13)20-16(24)14-7-9-18-22(14)2/h4-11H,3H2,1-2H3,(H,20,24)(H,21,25). The summed E-state index contributed by atoms with van der Waals surface area (Å²) in [6.07, 6.45) is 3.14. The van der Waals surface area contributed by atoms with E-state index in [0.717, 1.165) is 0 Å². The molecule has 0 aliphatic heterocycles. The molecule has 0 spiro atoms. The summed E-state index contributed by atoms with van der Waals surface area (Å²) in [6.45, 7) is 2.52. The normalized spacial score (nSPS) is 10.5. The van der Waals surface area contributed by atoms with Crippen molar-refractivity contribution in [3.05, 3.63) is 60.2 Å². The molecule has 2 N–H and O–H groups in total. The average Bonchev–Trinajstić information content (AvgIpc) is 3.23. The SMILES string of the molecule is CCn1nccc1C(=O)Nc1cccc(NC(=O)c2ccnn2C)c1. The monoisotopic (exact) mass is 338 g/mol. The molecular weight excluding hydrogens is 320 g/mol. The third-order valence-corrected chi connectivity index (χ3v) is 3.68. The molecule has 8 heteroatoms. The molecule has 3 aromatic rings. The number of nitrogens with zero attached hydrogens (tertiary/aromatic N) is 4. The molecule has 1 aromatic carbocycles. The molecule has 25 heavy (non-hydrogen) atoms. The minimum Gasteiger partial charge on any atom is -0.321 e. The number of hydrogen-bond acceptors (Lipinski definition) is 4. The number of hydrogen-bond donors (Lipinski definition) is 2. The minimum atomic E-state index is -0.271. The molecule has 0 aliphatic carbocycles. The highest BCUT2D eigenvalue weighted by molar-refractivity contribution is 6.05. The molecule has 0 radical (unpaired) electrons. The maximum atomic E-state index is 12.3. The van der Waals surface area contributed by atoms with Gasteiger partial charge in [-0.25, -0.2) is 0 Å². The van der Waals surface area contributed by atoms with Gasteiger partial charge >= 0.3 is 0 Å². The van der Waals surface area contributed by atoms with E-state index in [9.17, 15) is 9.59 Å². The number of carbonyl (C=O) groups is 2. The maximum absolute atomic E-state index is 12.3. The van der Waals surface area contributed by atoms with Gasteiger partial charge in [0.2, 0.25) is 0 Å². The second kappa shape index (κ2) is 7.00. The summed E-state index contributed by atoms with van der Waals surface area (Å²) in [5.74, 6) is -0.526. The van der Waals surface area contributed by atoms with E-state index in [1.54, 1.807) is 60.5 Å². The van der Waals surface area contributed by atoms with Crippen LogP contribution in [0.1, 0.15) is 27.9 Å². The van der Waals surface area contributed by atoms with Gasteiger partial charge in [0.25, 0.3) is 11.8 Å². The quantitative estimate of drug-likeness (QED) is 0.745. The smallest absolute Gasteiger partial charge is 0.273 e. The Kier molecular flexibility index (Phi) is 4.60. The van der Waals surface area contributed by atoms with Crippen molar-refractivity contribution < 1.29 is 9.59 Å². The Morgan fingerprint density at radius 1 is 0.960 bits per heavy atom. The first-order valence-corrected chi connectivity index (χ1v) is 7.81. The van der Waals surface area contributed by atoms with Crippen LogP contribution in [0.15, 0.2) is 48.8 Å². The minimum absolute atomic E-state index is 0.255. The van der Waals surface area contributed by atoms with Gasteiger partial charge in [0.15, 0.2) is 0 Å². The van der Waals surface area contributed by atoms with Crippen molar-refractivity contribution in [2.45, 2.75) is 13.5 Å². The molecule has 2 aromatic heterocycles. The highest BCUT2D eigenvalue weighted by Crippen LogP contribution is 2.17. The van der Waals surface area contributed by atoms with Crippen LogP contribution in [0.25, 0.3) is 0 Å². The van der Waals surface area contributed by atoms with Crippen LogP contribution in [0.2, 0.25) is 0 Å². The second-order valence-corrected chi connectivity index (χ2v) is 5.36. The number of anilines is 2. The highest BCUT2D eigenvalue weighted by Gasteiger charge is 2.13. The largest absolute Gasteiger partial charge is 0.321 e. The first-order valence-electron chi connectivity index (χ1n) is 7.81. The molecule has 0 atom stereocenters. The fraction of sp³-hybridized carbons (Fsp3) is 0.176. The number of carbonyl (C=O) groups excluding carboxylic acids is 2. The number of amides is 2. The lowest BCUT2D eigenvalue weighted by atomic mass is 10.2. The van der Waals surface area contributed by atoms with E-state index in [2.05, 4.69) is 20.8 Å². The van der Waals surface area contributed by atoms with Gasteiger partial charge in [-0.1, -0.05) is 6.07 Å². The van der Waals surface area contributed by atoms with E-state index in [0.29, 0.717) is 29.3 Å². The van der Waals surface area contributed by atoms with Crippen molar-refractivity contribution in [3.63, 3.8) is 0 Å². The third-order valence-electron chi connectivity index (χ3n) is 3.68. The second-order valence-electron chi connectivity index (χ2n) is 5.36. The summed E-state index contributed by atoms with van der Waals surface area (Å²) in [6, 6.07) is 10.2. The molecule has 128 valence electrons. The van der Waals surface area contributed by atoms with E-state index >= 15 is 0 Å². The van der Waals surface area contributed by atoms with E-state index in [-0.39, 0.29) is 11.8 Å². The average molecular weight is 338 g/mol. The molecule has 0 aliphatic rings. The maximum Gasteiger partial charge on any atom is 0.273 e. The van der Waals surface area contributed by atoms with E-state index < -0.39 is 0 Å². The number of nitrogens with one attached hydrogen (secondary N) is 2. The molecule has 2 amide bonds. The van der Waals surface area contributed by atoms with Crippen LogP contribution in [-0.4, -0.2) is 31.4 Å². The molecule has 0 saturated carbocycles. The Bertz CT molecular complexity index is 911. The molecular formula is C17H18N6O2. The van der Waals surface area contributed by atoms with Gasteiger partial charge in [0.1, 0.15) is 11.4 Å². The summed E-state index contributed by atoms with van der Waals surface area (Å²) in [7, 11) is 1.70. The van der Waals surface area contributed by atoms with Crippen LogP contribution >= 0.6 is 0 Å². The van der Waals surface area contributed by atoms with E-state index in [1.165, 1.54) is 4.68 Å². The van der Waals surface area contributed by atoms with Crippen LogP contribution in [0.4, 0.5) is 11.4 Å². The lowest BCUT2D eigenvalue weighted by Gasteiger charge is -2.09. The molecule has 0 bridgehead atoms. The Hall–Kier alpha value is -3.42. The molecule has 0 unspecified atom stereocenters. The van der Waals surface area contributed by atoms with Crippen molar-refractivity contribution in [2.75, 3.05) is 10.6 Å². The van der Waals surface area contributed by atoms with Gasteiger partial charge < -0.3 is 10.6 Å². The van der Waals surface area contributed by atoms with E-state index in [4.69, 9.17) is 0 Å². The van der Waals surface area contributed by atoms with Gasteiger partial charge in [-0.2, -0.15) is 10.2 Å². The van der Waals surface area contributed by atoms with Crippen LogP contribution in [0, 0.1) is 0 Å². The summed E-state index contributed by atoms with van der Waals surface area (Å²) in [5.41, 5.74) is 2.08. The van der Waals surface area contributed by atoms with Crippen LogP contribution in [0.3, 0.4) is 0 Å². The Balaban J connectivity index is 1.72. The summed E-state index contributed by atoms with van der Waals surface area (Å²) in [5, 5.41) is 13.7. The Labute approximate surface area is 144 Å². The number of rotatable bonds is 5. The molecule has 0 saturated heterocycles. The van der Waals surface area contributed by atoms with Crippen LogP contribution in [0.5, 0.6) is 0 Å². The predicted molar refractivity (Wildman–Crippen MR) is 93.5 cm³/mol.